The van der Waals surface area contributed by atoms with E-state index in [-0.39, 0.29) is 5.91 Å². The van der Waals surface area contributed by atoms with Crippen molar-refractivity contribution in [2.24, 2.45) is 5.73 Å². The summed E-state index contributed by atoms with van der Waals surface area (Å²) in [5, 5.41) is 8.46. The summed E-state index contributed by atoms with van der Waals surface area (Å²) in [6, 6.07) is 0. The molecular formula is C8H12N4OS. The van der Waals surface area contributed by atoms with E-state index in [1.807, 2.05) is 4.57 Å². The summed E-state index contributed by atoms with van der Waals surface area (Å²) in [6.45, 7) is 4.30. The largest absolute Gasteiger partial charge is 0.370 e. The molecule has 0 radical (unpaired) electrons. The van der Waals surface area contributed by atoms with Crippen LogP contribution < -0.4 is 5.73 Å². The summed E-state index contributed by atoms with van der Waals surface area (Å²) in [5.41, 5.74) is 5.02. The molecule has 0 spiro atoms. The average Bonchev–Trinajstić information content (AvgIpc) is 2.53. The molecule has 1 heterocycles. The number of hydrogen-bond donors (Lipinski definition) is 1. The summed E-state index contributed by atoms with van der Waals surface area (Å²) in [4.78, 5) is 10.5. The van der Waals surface area contributed by atoms with Crippen LogP contribution >= 0.6 is 11.8 Å². The highest BCUT2D eigenvalue weighted by molar-refractivity contribution is 7.99. The summed E-state index contributed by atoms with van der Waals surface area (Å²) < 4.78 is 1.86. The van der Waals surface area contributed by atoms with Crippen molar-refractivity contribution >= 4 is 17.7 Å². The second-order valence-electron chi connectivity index (χ2n) is 2.62. The molecule has 0 saturated carbocycles. The van der Waals surface area contributed by atoms with Crippen LogP contribution in [-0.2, 0) is 11.3 Å². The van der Waals surface area contributed by atoms with Crippen molar-refractivity contribution in [3.05, 3.63) is 19.0 Å². The van der Waals surface area contributed by atoms with E-state index in [1.54, 1.807) is 12.4 Å². The summed E-state index contributed by atoms with van der Waals surface area (Å²) >= 11 is 1.46. The van der Waals surface area contributed by atoms with Crippen molar-refractivity contribution < 1.29 is 4.79 Å². The van der Waals surface area contributed by atoms with Crippen molar-refractivity contribution in [2.75, 3.05) is 5.75 Å². The van der Waals surface area contributed by atoms with Crippen LogP contribution in [0.4, 0.5) is 0 Å². The maximum absolute atomic E-state index is 10.5. The highest BCUT2D eigenvalue weighted by Crippen LogP contribution is 2.15. The first-order valence-corrected chi connectivity index (χ1v) is 5.12. The first-order chi connectivity index (χ1) is 6.74. The van der Waals surface area contributed by atoms with Crippen LogP contribution in [0.5, 0.6) is 0 Å². The Hall–Kier alpha value is -1.30. The molecule has 0 aliphatic carbocycles. The molecule has 1 aromatic rings. The Morgan fingerprint density at radius 2 is 2.57 bits per heavy atom. The van der Waals surface area contributed by atoms with Crippen LogP contribution in [0.25, 0.3) is 0 Å². The summed E-state index contributed by atoms with van der Waals surface area (Å²) in [7, 11) is 0. The molecule has 0 aromatic carbocycles. The molecule has 0 unspecified atom stereocenters. The number of nitrogens with zero attached hydrogens (tertiary/aromatic N) is 3. The third-order valence-corrected chi connectivity index (χ3v) is 2.47. The SMILES string of the molecule is C=CCn1cnnc1SCCC(N)=O. The minimum Gasteiger partial charge on any atom is -0.370 e. The molecule has 0 aliphatic heterocycles. The normalized spacial score (nSPS) is 10.0. The van der Waals surface area contributed by atoms with E-state index in [2.05, 4.69) is 16.8 Å². The van der Waals surface area contributed by atoms with Gasteiger partial charge >= 0.3 is 0 Å². The van der Waals surface area contributed by atoms with Crippen LogP contribution in [-0.4, -0.2) is 26.4 Å². The van der Waals surface area contributed by atoms with Crippen LogP contribution in [0, 0.1) is 0 Å². The molecule has 0 aliphatic rings. The quantitative estimate of drug-likeness (QED) is 0.548. The molecule has 1 rings (SSSR count). The number of rotatable bonds is 6. The lowest BCUT2D eigenvalue weighted by Crippen LogP contribution is -2.11. The maximum Gasteiger partial charge on any atom is 0.218 e. The number of carbonyl (C=O) groups excluding carboxylic acids is 1. The Morgan fingerprint density at radius 1 is 1.79 bits per heavy atom. The summed E-state index contributed by atoms with van der Waals surface area (Å²) in [5.74, 6) is 0.331. The Bertz CT molecular complexity index is 323. The number of carbonyl (C=O) groups is 1. The highest BCUT2D eigenvalue weighted by Gasteiger charge is 2.03. The molecular weight excluding hydrogens is 200 g/mol. The van der Waals surface area contributed by atoms with Gasteiger partial charge in [0.1, 0.15) is 6.33 Å². The highest BCUT2D eigenvalue weighted by atomic mass is 32.2. The zero-order chi connectivity index (χ0) is 10.4. The second-order valence-corrected chi connectivity index (χ2v) is 3.68. The Labute approximate surface area is 86.4 Å². The van der Waals surface area contributed by atoms with Gasteiger partial charge in [-0.3, -0.25) is 4.79 Å². The zero-order valence-corrected chi connectivity index (χ0v) is 8.54. The number of nitrogens with two attached hydrogens (primary N) is 1. The van der Waals surface area contributed by atoms with E-state index in [1.165, 1.54) is 11.8 Å². The number of aromatic nitrogens is 3. The molecule has 0 atom stereocenters. The van der Waals surface area contributed by atoms with Gasteiger partial charge in [0.25, 0.3) is 0 Å². The van der Waals surface area contributed by atoms with Crippen LogP contribution in [0.2, 0.25) is 0 Å². The number of thioether (sulfide) groups is 1. The van der Waals surface area contributed by atoms with Crippen LogP contribution in [0.3, 0.4) is 0 Å². The lowest BCUT2D eigenvalue weighted by Gasteiger charge is -2.01. The fourth-order valence-corrected chi connectivity index (χ4v) is 1.74. The fourth-order valence-electron chi connectivity index (χ4n) is 0.863. The Balaban J connectivity index is 2.45. The van der Waals surface area contributed by atoms with Gasteiger partial charge in [0.15, 0.2) is 5.16 Å². The Kier molecular flexibility index (Phi) is 4.18. The van der Waals surface area contributed by atoms with E-state index < -0.39 is 0 Å². The number of hydrogen-bond acceptors (Lipinski definition) is 4. The molecule has 0 fully saturated rings. The third-order valence-electron chi connectivity index (χ3n) is 1.49. The zero-order valence-electron chi connectivity index (χ0n) is 7.72. The van der Waals surface area contributed by atoms with Gasteiger partial charge < -0.3 is 10.3 Å². The van der Waals surface area contributed by atoms with Gasteiger partial charge in [0.2, 0.25) is 5.91 Å². The topological polar surface area (TPSA) is 73.8 Å². The smallest absolute Gasteiger partial charge is 0.218 e. The lowest BCUT2D eigenvalue weighted by molar-refractivity contribution is -0.117. The molecule has 1 amide bonds. The number of primary amides is 1. The fraction of sp³-hybridized carbons (Fsp3) is 0.375. The minimum atomic E-state index is -0.299. The standard InChI is InChI=1S/C8H12N4OS/c1-2-4-12-6-10-11-8(12)14-5-3-7(9)13/h2,6H,1,3-5H2,(H2,9,13). The number of allylic oxidation sites excluding steroid dienone is 1. The van der Waals surface area contributed by atoms with E-state index in [0.29, 0.717) is 18.7 Å². The molecule has 6 heteroatoms. The van der Waals surface area contributed by atoms with Crippen LogP contribution in [0.1, 0.15) is 6.42 Å². The average molecular weight is 212 g/mol. The van der Waals surface area contributed by atoms with Gasteiger partial charge in [0, 0.05) is 18.7 Å². The van der Waals surface area contributed by atoms with E-state index >= 15 is 0 Å². The molecule has 76 valence electrons. The predicted molar refractivity (Wildman–Crippen MR) is 54.8 cm³/mol. The van der Waals surface area contributed by atoms with Gasteiger partial charge in [-0.15, -0.1) is 16.8 Å². The van der Waals surface area contributed by atoms with Crippen molar-refractivity contribution in [2.45, 2.75) is 18.1 Å². The molecule has 0 bridgehead atoms. The lowest BCUT2D eigenvalue weighted by atomic mass is 10.5. The van der Waals surface area contributed by atoms with E-state index in [4.69, 9.17) is 5.73 Å². The molecule has 14 heavy (non-hydrogen) atoms. The molecule has 0 saturated heterocycles. The third kappa shape index (κ3) is 3.21. The van der Waals surface area contributed by atoms with Crippen molar-refractivity contribution in [1.82, 2.24) is 14.8 Å². The minimum absolute atomic E-state index is 0.299. The van der Waals surface area contributed by atoms with E-state index in [9.17, 15) is 4.79 Å². The molecule has 2 N–H and O–H groups in total. The van der Waals surface area contributed by atoms with Crippen LogP contribution in [0.15, 0.2) is 24.1 Å². The van der Waals surface area contributed by atoms with Crippen molar-refractivity contribution in [1.29, 1.82) is 0 Å². The van der Waals surface area contributed by atoms with E-state index in [0.717, 1.165) is 5.16 Å². The van der Waals surface area contributed by atoms with Gasteiger partial charge in [-0.1, -0.05) is 17.8 Å². The van der Waals surface area contributed by atoms with Gasteiger partial charge in [-0.2, -0.15) is 0 Å². The van der Waals surface area contributed by atoms with Gasteiger partial charge in [0.05, 0.1) is 0 Å². The second kappa shape index (κ2) is 5.43. The predicted octanol–water partition coefficient (Wildman–Crippen LogP) is 0.432. The summed E-state index contributed by atoms with van der Waals surface area (Å²) in [6.07, 6.45) is 3.75. The monoisotopic (exact) mass is 212 g/mol. The van der Waals surface area contributed by atoms with Gasteiger partial charge in [-0.05, 0) is 0 Å². The Morgan fingerprint density at radius 3 is 3.21 bits per heavy atom. The first-order valence-electron chi connectivity index (χ1n) is 4.14. The van der Waals surface area contributed by atoms with Gasteiger partial charge in [-0.25, -0.2) is 0 Å². The molecule has 1 aromatic heterocycles. The van der Waals surface area contributed by atoms with Crippen molar-refractivity contribution in [3.8, 4) is 0 Å². The first kappa shape index (κ1) is 10.8. The molecule has 5 nitrogen and oxygen atoms in total. The number of amides is 1. The maximum atomic E-state index is 10.5. The van der Waals surface area contributed by atoms with Crippen molar-refractivity contribution in [3.63, 3.8) is 0 Å².